The maximum Gasteiger partial charge on any atom is 0.407 e. The molecule has 0 spiro atoms. The van der Waals surface area contributed by atoms with Gasteiger partial charge >= 0.3 is 6.18 Å². The van der Waals surface area contributed by atoms with Crippen LogP contribution in [0.15, 0.2) is 54.7 Å². The van der Waals surface area contributed by atoms with Crippen LogP contribution >= 0.6 is 0 Å². The van der Waals surface area contributed by atoms with Crippen molar-refractivity contribution in [2.45, 2.75) is 63.8 Å². The number of likely N-dealkylation sites (tertiary alicyclic amines) is 1. The van der Waals surface area contributed by atoms with Crippen LogP contribution in [0.4, 0.5) is 36.1 Å². The molecule has 308 valence electrons. The smallest absolute Gasteiger partial charge is 0.407 e. The van der Waals surface area contributed by atoms with Crippen LogP contribution in [0.2, 0.25) is 0 Å². The Hall–Kier alpha value is -6.02. The summed E-state index contributed by atoms with van der Waals surface area (Å²) in [5.74, 6) is -1.59. The summed E-state index contributed by atoms with van der Waals surface area (Å²) in [6.07, 6.45) is -0.241. The first-order chi connectivity index (χ1) is 28.2. The fraction of sp³-hybridized carbons (Fsp3) is 0.452. The van der Waals surface area contributed by atoms with E-state index in [0.29, 0.717) is 43.2 Å². The molecule has 4 saturated heterocycles. The zero-order chi connectivity index (χ0) is 41.6. The largest absolute Gasteiger partial charge is 0.489 e. The van der Waals surface area contributed by atoms with Gasteiger partial charge in [-0.15, -0.1) is 0 Å². The van der Waals surface area contributed by atoms with Crippen molar-refractivity contribution in [1.29, 1.82) is 0 Å². The standard InChI is InChI=1S/C42H43F3N8O6/c1-41(23-52(24-41)26-3-6-30-31(19-26)40(58)53(39(30)57)34-8-10-36(54)49-38(34)56)22-50-15-13-28(14-16-50)59-29-5-9-35(47-21-29)48-37(55)25-11-17-51(18-12-25)27-4-7-33(46-2)32(20-27)42(43,44)45/h3-7,9,19-21,25,28,34H,8,10-18,22-24H2,1H3,(H,47,48,55)(H,49,54,56). The minimum absolute atomic E-state index is 0.0144. The minimum Gasteiger partial charge on any atom is -0.489 e. The Morgan fingerprint density at radius 3 is 2.27 bits per heavy atom. The number of nitrogens with one attached hydrogen (secondary N) is 2. The second kappa shape index (κ2) is 15.6. The lowest BCUT2D eigenvalue weighted by Gasteiger charge is -2.52. The number of piperidine rings is 3. The highest BCUT2D eigenvalue weighted by atomic mass is 19.4. The number of aromatic nitrogens is 1. The maximum atomic E-state index is 13.5. The second-order valence-corrected chi connectivity index (χ2v) is 16.4. The van der Waals surface area contributed by atoms with Gasteiger partial charge in [-0.1, -0.05) is 13.0 Å². The van der Waals surface area contributed by atoms with Crippen LogP contribution in [-0.2, 0) is 20.6 Å². The van der Waals surface area contributed by atoms with Crippen LogP contribution in [0.5, 0.6) is 5.75 Å². The number of ether oxygens (including phenoxy) is 1. The van der Waals surface area contributed by atoms with E-state index in [9.17, 15) is 37.1 Å². The highest BCUT2D eigenvalue weighted by Crippen LogP contribution is 2.40. The molecule has 2 N–H and O–H groups in total. The van der Waals surface area contributed by atoms with Gasteiger partial charge in [-0.3, -0.25) is 34.2 Å². The summed E-state index contributed by atoms with van der Waals surface area (Å²) in [7, 11) is 0. The molecule has 5 aliphatic rings. The van der Waals surface area contributed by atoms with Crippen LogP contribution in [0.25, 0.3) is 4.85 Å². The fourth-order valence-corrected chi connectivity index (χ4v) is 8.93. The lowest BCUT2D eigenvalue weighted by molar-refractivity contribution is -0.137. The minimum atomic E-state index is -4.63. The van der Waals surface area contributed by atoms with Crippen molar-refractivity contribution < 1.29 is 41.9 Å². The van der Waals surface area contributed by atoms with Gasteiger partial charge in [-0.05, 0) is 74.6 Å². The highest BCUT2D eigenvalue weighted by Gasteiger charge is 2.46. The van der Waals surface area contributed by atoms with E-state index in [1.165, 1.54) is 12.1 Å². The van der Waals surface area contributed by atoms with Gasteiger partial charge in [0, 0.05) is 74.9 Å². The first-order valence-electron chi connectivity index (χ1n) is 19.8. The number of pyridine rings is 1. The monoisotopic (exact) mass is 812 g/mol. The van der Waals surface area contributed by atoms with Crippen LogP contribution in [0.3, 0.4) is 0 Å². The van der Waals surface area contributed by atoms with Gasteiger partial charge in [-0.25, -0.2) is 9.83 Å². The van der Waals surface area contributed by atoms with Crippen molar-refractivity contribution in [3.05, 3.63) is 82.8 Å². The van der Waals surface area contributed by atoms with E-state index in [-0.39, 0.29) is 47.3 Å². The molecular weight excluding hydrogens is 770 g/mol. The molecule has 0 bridgehead atoms. The normalized spacial score (nSPS) is 21.5. The van der Waals surface area contributed by atoms with Crippen LogP contribution in [0.1, 0.15) is 71.7 Å². The predicted molar refractivity (Wildman–Crippen MR) is 209 cm³/mol. The quantitative estimate of drug-likeness (QED) is 0.216. The van der Waals surface area contributed by atoms with Gasteiger partial charge < -0.3 is 24.8 Å². The number of alkyl halides is 3. The number of hydrogen-bond donors (Lipinski definition) is 2. The van der Waals surface area contributed by atoms with Crippen LogP contribution in [-0.4, -0.2) is 102 Å². The number of carbonyl (C=O) groups excluding carboxylic acids is 5. The van der Waals surface area contributed by atoms with E-state index in [4.69, 9.17) is 11.3 Å². The molecular formula is C42H43F3N8O6. The van der Waals surface area contributed by atoms with E-state index >= 15 is 0 Å². The first kappa shape index (κ1) is 39.8. The third-order valence-electron chi connectivity index (χ3n) is 12.0. The molecule has 14 nitrogen and oxygen atoms in total. The highest BCUT2D eigenvalue weighted by molar-refractivity contribution is 6.23. The molecule has 17 heteroatoms. The number of nitrogens with zero attached hydrogens (tertiary/aromatic N) is 6. The van der Waals surface area contributed by atoms with Gasteiger partial charge in [0.2, 0.25) is 17.7 Å². The zero-order valence-corrected chi connectivity index (χ0v) is 32.4. The Morgan fingerprint density at radius 1 is 0.915 bits per heavy atom. The average Bonchev–Trinajstić information content (AvgIpc) is 3.45. The van der Waals surface area contributed by atoms with Crippen molar-refractivity contribution in [3.63, 3.8) is 0 Å². The number of fused-ring (bicyclic) bond motifs is 1. The van der Waals surface area contributed by atoms with Gasteiger partial charge in [0.15, 0.2) is 5.69 Å². The predicted octanol–water partition coefficient (Wildman–Crippen LogP) is 5.28. The molecule has 0 aliphatic carbocycles. The van der Waals surface area contributed by atoms with Gasteiger partial charge in [0.1, 0.15) is 23.7 Å². The molecule has 5 amide bonds. The summed E-state index contributed by atoms with van der Waals surface area (Å²) in [6, 6.07) is 11.4. The van der Waals surface area contributed by atoms with E-state index in [2.05, 4.69) is 37.2 Å². The summed E-state index contributed by atoms with van der Waals surface area (Å²) < 4.78 is 46.6. The summed E-state index contributed by atoms with van der Waals surface area (Å²) in [5, 5.41) is 5.08. The molecule has 1 unspecified atom stereocenters. The number of rotatable bonds is 9. The number of amides is 5. The molecule has 3 aromatic rings. The van der Waals surface area contributed by atoms with E-state index in [1.54, 1.807) is 35.4 Å². The summed E-state index contributed by atoms with van der Waals surface area (Å²) in [4.78, 5) is 78.2. The van der Waals surface area contributed by atoms with Crippen LogP contribution in [0, 0.1) is 17.9 Å². The number of imide groups is 2. The number of halogens is 3. The van der Waals surface area contributed by atoms with E-state index < -0.39 is 47.1 Å². The van der Waals surface area contributed by atoms with Crippen molar-refractivity contribution in [3.8, 4) is 5.75 Å². The zero-order valence-electron chi connectivity index (χ0n) is 32.4. The molecule has 59 heavy (non-hydrogen) atoms. The summed E-state index contributed by atoms with van der Waals surface area (Å²) in [6.45, 7) is 14.3. The number of benzene rings is 2. The number of hydrogen-bond acceptors (Lipinski definition) is 10. The molecule has 5 aliphatic heterocycles. The molecule has 8 rings (SSSR count). The number of carbonyl (C=O) groups is 5. The third kappa shape index (κ3) is 8.18. The van der Waals surface area contributed by atoms with Gasteiger partial charge in [0.05, 0.1) is 29.5 Å². The SMILES string of the molecule is [C-]#[N+]c1ccc(N2CCC(C(=O)Nc3ccc(OC4CCN(CC5(C)CN(c6ccc7c(c6)C(=O)N(C6CCC(=O)NC6=O)C7=O)C5)CC4)cn3)CC2)cc1C(F)(F)F. The molecule has 1 atom stereocenters. The van der Waals surface area contributed by atoms with E-state index in [1.807, 2.05) is 6.07 Å². The third-order valence-corrected chi connectivity index (χ3v) is 12.0. The Labute approximate surface area is 338 Å². The number of anilines is 3. The second-order valence-electron chi connectivity index (χ2n) is 16.4. The maximum absolute atomic E-state index is 13.5. The molecule has 6 heterocycles. The summed E-state index contributed by atoms with van der Waals surface area (Å²) >= 11 is 0. The van der Waals surface area contributed by atoms with Crippen molar-refractivity contribution in [2.24, 2.45) is 11.3 Å². The molecule has 0 saturated carbocycles. The topological polar surface area (TPSA) is 149 Å². The molecule has 2 aromatic carbocycles. The van der Waals surface area contributed by atoms with Crippen molar-refractivity contribution >= 4 is 52.4 Å². The molecule has 4 fully saturated rings. The Morgan fingerprint density at radius 2 is 1.61 bits per heavy atom. The Balaban J connectivity index is 0.761. The lowest BCUT2D eigenvalue weighted by Crippen LogP contribution is -2.60. The fourth-order valence-electron chi connectivity index (χ4n) is 8.93. The average molecular weight is 813 g/mol. The Kier molecular flexibility index (Phi) is 10.5. The van der Waals surface area contributed by atoms with E-state index in [0.717, 1.165) is 62.2 Å². The molecule has 1 aromatic heterocycles. The Bertz CT molecular complexity index is 2220. The van der Waals surface area contributed by atoms with Crippen molar-refractivity contribution in [2.75, 3.05) is 60.9 Å². The van der Waals surface area contributed by atoms with Gasteiger partial charge in [-0.2, -0.15) is 13.2 Å². The van der Waals surface area contributed by atoms with Gasteiger partial charge in [0.25, 0.3) is 11.8 Å². The lowest BCUT2D eigenvalue weighted by atomic mass is 9.80. The van der Waals surface area contributed by atoms with Crippen LogP contribution < -0.4 is 25.2 Å². The molecule has 0 radical (unpaired) electrons. The first-order valence-corrected chi connectivity index (χ1v) is 19.8. The summed E-state index contributed by atoms with van der Waals surface area (Å²) in [5.41, 5.74) is 0.392. The van der Waals surface area contributed by atoms with Crippen molar-refractivity contribution in [1.82, 2.24) is 20.1 Å².